The Bertz CT molecular complexity index is 791. The molecule has 1 aliphatic rings. The van der Waals surface area contributed by atoms with Crippen LogP contribution in [0.4, 0.5) is 5.69 Å². The van der Waals surface area contributed by atoms with Gasteiger partial charge in [0.05, 0.1) is 13.2 Å². The van der Waals surface area contributed by atoms with Crippen LogP contribution in [0.1, 0.15) is 11.1 Å². The minimum absolute atomic E-state index is 0.00268. The number of amides is 1. The van der Waals surface area contributed by atoms with Crippen LogP contribution in [0.3, 0.4) is 0 Å². The molecule has 27 heavy (non-hydrogen) atoms. The molecule has 6 heteroatoms. The highest BCUT2D eigenvalue weighted by Gasteiger charge is 2.17. The lowest BCUT2D eigenvalue weighted by Crippen LogP contribution is -2.37. The van der Waals surface area contributed by atoms with E-state index >= 15 is 0 Å². The van der Waals surface area contributed by atoms with Crippen LogP contribution >= 0.6 is 11.6 Å². The molecule has 2 aromatic rings. The van der Waals surface area contributed by atoms with E-state index in [2.05, 4.69) is 17.0 Å². The van der Waals surface area contributed by atoms with Gasteiger partial charge in [0.1, 0.15) is 5.75 Å². The molecule has 1 aliphatic heterocycles. The number of nitrogens with zero attached hydrogens (tertiary/aromatic N) is 2. The second-order valence-electron chi connectivity index (χ2n) is 6.68. The number of aryl methyl sites for hydroxylation is 1. The second-order valence-corrected chi connectivity index (χ2v) is 7.08. The molecule has 1 amide bonds. The molecule has 2 aromatic carbocycles. The number of para-hydroxylation sites is 1. The number of anilines is 1. The number of benzene rings is 2. The maximum atomic E-state index is 12.5. The van der Waals surface area contributed by atoms with Crippen molar-refractivity contribution in [1.82, 2.24) is 4.90 Å². The Kier molecular flexibility index (Phi) is 6.58. The molecule has 3 rings (SSSR count). The number of ether oxygens (including phenoxy) is 2. The summed E-state index contributed by atoms with van der Waals surface area (Å²) in [5.74, 6) is 0.576. The van der Waals surface area contributed by atoms with Crippen molar-refractivity contribution in [2.45, 2.75) is 13.5 Å². The number of rotatable bonds is 6. The van der Waals surface area contributed by atoms with Crippen molar-refractivity contribution in [2.75, 3.05) is 44.9 Å². The van der Waals surface area contributed by atoms with Crippen LogP contribution in [-0.4, -0.2) is 50.8 Å². The molecule has 1 heterocycles. The van der Waals surface area contributed by atoms with Gasteiger partial charge in [-0.05, 0) is 42.3 Å². The zero-order valence-electron chi connectivity index (χ0n) is 15.8. The lowest BCUT2D eigenvalue weighted by Gasteiger charge is -2.31. The zero-order chi connectivity index (χ0) is 19.2. The molecule has 0 unspecified atom stereocenters. The molecule has 0 saturated carbocycles. The number of halogens is 1. The fraction of sp³-hybridized carbons (Fsp3) is 0.381. The van der Waals surface area contributed by atoms with Crippen LogP contribution in [0.25, 0.3) is 0 Å². The maximum absolute atomic E-state index is 12.5. The SMILES string of the molecule is Cc1cc(OCC(=O)N(C)Cc2ccccc2N2CCOCC2)ccc1Cl. The molecule has 144 valence electrons. The highest BCUT2D eigenvalue weighted by Crippen LogP contribution is 2.23. The van der Waals surface area contributed by atoms with Crippen molar-refractivity contribution in [3.8, 4) is 5.75 Å². The largest absolute Gasteiger partial charge is 0.484 e. The van der Waals surface area contributed by atoms with E-state index in [1.807, 2.05) is 25.1 Å². The lowest BCUT2D eigenvalue weighted by molar-refractivity contribution is -0.132. The van der Waals surface area contributed by atoms with Gasteiger partial charge < -0.3 is 19.3 Å². The fourth-order valence-corrected chi connectivity index (χ4v) is 3.18. The Morgan fingerprint density at radius 1 is 1.22 bits per heavy atom. The van der Waals surface area contributed by atoms with Crippen molar-refractivity contribution >= 4 is 23.2 Å². The van der Waals surface area contributed by atoms with Crippen LogP contribution in [0.15, 0.2) is 42.5 Å². The number of likely N-dealkylation sites (N-methyl/N-ethyl adjacent to an activating group) is 1. The van der Waals surface area contributed by atoms with Crippen molar-refractivity contribution in [1.29, 1.82) is 0 Å². The summed E-state index contributed by atoms with van der Waals surface area (Å²) < 4.78 is 11.1. The summed E-state index contributed by atoms with van der Waals surface area (Å²) >= 11 is 6.02. The summed E-state index contributed by atoms with van der Waals surface area (Å²) in [6.45, 7) is 5.65. The Hall–Kier alpha value is -2.24. The second kappa shape index (κ2) is 9.11. The molecular weight excluding hydrogens is 364 g/mol. The van der Waals surface area contributed by atoms with E-state index < -0.39 is 0 Å². The fourth-order valence-electron chi connectivity index (χ4n) is 3.06. The Labute approximate surface area is 165 Å². The molecule has 0 bridgehead atoms. The Morgan fingerprint density at radius 3 is 2.70 bits per heavy atom. The highest BCUT2D eigenvalue weighted by molar-refractivity contribution is 6.31. The summed E-state index contributed by atoms with van der Waals surface area (Å²) in [5, 5.41) is 0.686. The summed E-state index contributed by atoms with van der Waals surface area (Å²) in [7, 11) is 1.80. The number of morpholine rings is 1. The predicted octanol–water partition coefficient (Wildman–Crippen LogP) is 3.52. The summed E-state index contributed by atoms with van der Waals surface area (Å²) in [6, 6.07) is 13.6. The highest BCUT2D eigenvalue weighted by atomic mass is 35.5. The summed E-state index contributed by atoms with van der Waals surface area (Å²) in [5.41, 5.74) is 3.21. The molecule has 1 fully saturated rings. The van der Waals surface area contributed by atoms with Crippen LogP contribution in [0, 0.1) is 6.92 Å². The molecule has 0 N–H and O–H groups in total. The third kappa shape index (κ3) is 5.15. The first-order valence-electron chi connectivity index (χ1n) is 9.08. The van der Waals surface area contributed by atoms with E-state index in [-0.39, 0.29) is 12.5 Å². The first-order valence-corrected chi connectivity index (χ1v) is 9.46. The average molecular weight is 389 g/mol. The number of carbonyl (C=O) groups excluding carboxylic acids is 1. The van der Waals surface area contributed by atoms with Gasteiger partial charge in [-0.25, -0.2) is 0 Å². The molecule has 0 radical (unpaired) electrons. The Morgan fingerprint density at radius 2 is 1.96 bits per heavy atom. The third-order valence-corrected chi connectivity index (χ3v) is 5.09. The average Bonchev–Trinajstić information content (AvgIpc) is 2.69. The van der Waals surface area contributed by atoms with E-state index in [0.717, 1.165) is 43.1 Å². The topological polar surface area (TPSA) is 42.0 Å². The standard InChI is InChI=1S/C21H25ClN2O3/c1-16-13-18(7-8-19(16)22)27-15-21(25)23(2)14-17-5-3-4-6-20(17)24-9-11-26-12-10-24/h3-8,13H,9-12,14-15H2,1-2H3. The van der Waals surface area contributed by atoms with E-state index in [9.17, 15) is 4.79 Å². The van der Waals surface area contributed by atoms with Gasteiger partial charge in [-0.2, -0.15) is 0 Å². The van der Waals surface area contributed by atoms with Gasteiger partial charge in [0.2, 0.25) is 0 Å². The van der Waals surface area contributed by atoms with E-state index in [1.54, 1.807) is 24.1 Å². The molecule has 0 aliphatic carbocycles. The molecule has 0 aromatic heterocycles. The first-order chi connectivity index (χ1) is 13.0. The summed E-state index contributed by atoms with van der Waals surface area (Å²) in [6.07, 6.45) is 0. The molecule has 5 nitrogen and oxygen atoms in total. The first kappa shape index (κ1) is 19.5. The Balaban J connectivity index is 1.60. The summed E-state index contributed by atoms with van der Waals surface area (Å²) in [4.78, 5) is 16.5. The van der Waals surface area contributed by atoms with Gasteiger partial charge in [0, 0.05) is 37.4 Å². The van der Waals surface area contributed by atoms with Crippen molar-refractivity contribution < 1.29 is 14.3 Å². The van der Waals surface area contributed by atoms with Crippen molar-refractivity contribution in [2.24, 2.45) is 0 Å². The van der Waals surface area contributed by atoms with E-state index in [1.165, 1.54) is 0 Å². The van der Waals surface area contributed by atoms with Crippen molar-refractivity contribution in [3.05, 3.63) is 58.6 Å². The van der Waals surface area contributed by atoms with Gasteiger partial charge >= 0.3 is 0 Å². The van der Waals surface area contributed by atoms with Crippen LogP contribution in [0.2, 0.25) is 5.02 Å². The lowest BCUT2D eigenvalue weighted by atomic mass is 10.1. The molecule has 0 atom stereocenters. The molecular formula is C21H25ClN2O3. The third-order valence-electron chi connectivity index (χ3n) is 4.67. The van der Waals surface area contributed by atoms with Crippen molar-refractivity contribution in [3.63, 3.8) is 0 Å². The molecule has 0 spiro atoms. The normalized spacial score (nSPS) is 14.1. The predicted molar refractivity (Wildman–Crippen MR) is 108 cm³/mol. The smallest absolute Gasteiger partial charge is 0.260 e. The van der Waals surface area contributed by atoms with Gasteiger partial charge in [0.15, 0.2) is 6.61 Å². The van der Waals surface area contributed by atoms with E-state index in [0.29, 0.717) is 17.3 Å². The molecule has 1 saturated heterocycles. The number of carbonyl (C=O) groups is 1. The number of hydrogen-bond donors (Lipinski definition) is 0. The van der Waals surface area contributed by atoms with Gasteiger partial charge in [-0.3, -0.25) is 4.79 Å². The quantitative estimate of drug-likeness (QED) is 0.759. The van der Waals surface area contributed by atoms with Crippen LogP contribution in [0.5, 0.6) is 5.75 Å². The van der Waals surface area contributed by atoms with Gasteiger partial charge in [0.25, 0.3) is 5.91 Å². The van der Waals surface area contributed by atoms with Crippen LogP contribution < -0.4 is 9.64 Å². The van der Waals surface area contributed by atoms with E-state index in [4.69, 9.17) is 21.1 Å². The maximum Gasteiger partial charge on any atom is 0.260 e. The minimum Gasteiger partial charge on any atom is -0.484 e. The van der Waals surface area contributed by atoms with Gasteiger partial charge in [-0.15, -0.1) is 0 Å². The number of hydrogen-bond acceptors (Lipinski definition) is 4. The zero-order valence-corrected chi connectivity index (χ0v) is 16.5. The monoisotopic (exact) mass is 388 g/mol. The van der Waals surface area contributed by atoms with Gasteiger partial charge in [-0.1, -0.05) is 29.8 Å². The minimum atomic E-state index is -0.0700. The van der Waals surface area contributed by atoms with Crippen LogP contribution in [-0.2, 0) is 16.1 Å².